The first-order valence-electron chi connectivity index (χ1n) is 14.1. The summed E-state index contributed by atoms with van der Waals surface area (Å²) in [4.78, 5) is 47.8. The lowest BCUT2D eigenvalue weighted by atomic mass is 9.85. The second kappa shape index (κ2) is 11.2. The van der Waals surface area contributed by atoms with Crippen molar-refractivity contribution >= 4 is 51.9 Å². The third-order valence-electron chi connectivity index (χ3n) is 7.88. The summed E-state index contributed by atoms with van der Waals surface area (Å²) in [6, 6.07) is 7.99. The predicted octanol–water partition coefficient (Wildman–Crippen LogP) is 6.42. The minimum atomic E-state index is -0.502. The fourth-order valence-electron chi connectivity index (χ4n) is 5.71. The molecule has 0 unspecified atom stereocenters. The Bertz CT molecular complexity index is 1420. The van der Waals surface area contributed by atoms with Crippen LogP contribution < -0.4 is 4.90 Å². The van der Waals surface area contributed by atoms with E-state index < -0.39 is 5.60 Å². The molecule has 2 saturated carbocycles. The molecule has 40 heavy (non-hydrogen) atoms. The van der Waals surface area contributed by atoms with Crippen LogP contribution in [0, 0.1) is 28.3 Å². The molecule has 1 aromatic heterocycles. The third-order valence-corrected chi connectivity index (χ3v) is 9.04. The Labute approximate surface area is 250 Å². The summed E-state index contributed by atoms with van der Waals surface area (Å²) in [7, 11) is 0. The van der Waals surface area contributed by atoms with Gasteiger partial charge in [-0.25, -0.2) is 4.98 Å². The molecule has 0 spiro atoms. The number of carbonyl (C=O) groups excluding carboxylic acids is 3. The summed E-state index contributed by atoms with van der Waals surface area (Å²) < 4.78 is 6.75. The number of benzene rings is 1. The fraction of sp³-hybridized carbons (Fsp3) is 0.500. The van der Waals surface area contributed by atoms with E-state index in [1.165, 1.54) is 0 Å². The topological polar surface area (TPSA) is 79.8 Å². The number of amides is 2. The zero-order valence-corrected chi connectivity index (χ0v) is 26.0. The maximum atomic E-state index is 13.6. The molecule has 2 aliphatic carbocycles. The number of pyridine rings is 1. The molecule has 3 aliphatic rings. The van der Waals surface area contributed by atoms with E-state index in [9.17, 15) is 14.4 Å². The molecule has 1 aliphatic heterocycles. The maximum Gasteiger partial charge on any atom is 0.309 e. The van der Waals surface area contributed by atoms with E-state index in [1.54, 1.807) is 11.8 Å². The van der Waals surface area contributed by atoms with Gasteiger partial charge in [0, 0.05) is 21.7 Å². The number of hydrogen-bond acceptors (Lipinski definition) is 5. The molecule has 8 heteroatoms. The molecule has 0 N–H and O–H groups in total. The van der Waals surface area contributed by atoms with Crippen LogP contribution in [0.3, 0.4) is 0 Å². The number of aromatic nitrogens is 1. The van der Waals surface area contributed by atoms with Gasteiger partial charge in [0.1, 0.15) is 17.1 Å². The molecule has 0 saturated heterocycles. The summed E-state index contributed by atoms with van der Waals surface area (Å²) in [6.07, 6.45) is 5.09. The van der Waals surface area contributed by atoms with Crippen LogP contribution in [0.4, 0.5) is 11.5 Å². The van der Waals surface area contributed by atoms with E-state index in [0.717, 1.165) is 51.6 Å². The Kier molecular flexibility index (Phi) is 7.97. The lowest BCUT2D eigenvalue weighted by Gasteiger charge is -2.34. The number of aryl methyl sites for hydroxylation is 1. The van der Waals surface area contributed by atoms with Gasteiger partial charge in [0.15, 0.2) is 0 Å². The van der Waals surface area contributed by atoms with Crippen LogP contribution >= 0.6 is 22.6 Å². The van der Waals surface area contributed by atoms with Crippen molar-refractivity contribution < 1.29 is 19.1 Å². The van der Waals surface area contributed by atoms with E-state index in [2.05, 4.69) is 40.5 Å². The van der Waals surface area contributed by atoms with Crippen LogP contribution in [0.5, 0.6) is 0 Å². The number of ether oxygens (including phenoxy) is 1. The molecule has 2 aromatic rings. The Morgan fingerprint density at radius 3 is 2.42 bits per heavy atom. The van der Waals surface area contributed by atoms with Gasteiger partial charge in [0.05, 0.1) is 11.6 Å². The highest BCUT2D eigenvalue weighted by atomic mass is 127. The van der Waals surface area contributed by atoms with Crippen molar-refractivity contribution in [3.8, 4) is 11.8 Å². The zero-order chi connectivity index (χ0) is 28.8. The number of anilines is 2. The van der Waals surface area contributed by atoms with Crippen molar-refractivity contribution in [2.75, 3.05) is 4.90 Å². The molecule has 0 atom stereocenters. The maximum absolute atomic E-state index is 13.6. The van der Waals surface area contributed by atoms with Crippen LogP contribution in [0.2, 0.25) is 0 Å². The average molecular weight is 654 g/mol. The summed E-state index contributed by atoms with van der Waals surface area (Å²) in [5.74, 6) is 5.50. The van der Waals surface area contributed by atoms with Crippen molar-refractivity contribution in [1.82, 2.24) is 9.88 Å². The highest BCUT2D eigenvalue weighted by molar-refractivity contribution is 14.1. The van der Waals surface area contributed by atoms with Gasteiger partial charge < -0.3 is 9.64 Å². The summed E-state index contributed by atoms with van der Waals surface area (Å²) >= 11 is 2.34. The van der Waals surface area contributed by atoms with Gasteiger partial charge >= 0.3 is 11.9 Å². The highest BCUT2D eigenvalue weighted by Gasteiger charge is 2.39. The molecule has 2 heterocycles. The average Bonchev–Trinajstić information content (AvgIpc) is 3.69. The first kappa shape index (κ1) is 28.6. The summed E-state index contributed by atoms with van der Waals surface area (Å²) in [5.41, 5.74) is 3.75. The molecule has 1 aromatic carbocycles. The summed E-state index contributed by atoms with van der Waals surface area (Å²) in [6.45, 7) is 9.81. The number of fused-ring (bicyclic) bond motifs is 1. The van der Waals surface area contributed by atoms with Crippen LogP contribution in [0.25, 0.3) is 0 Å². The van der Waals surface area contributed by atoms with Crippen LogP contribution in [-0.2, 0) is 20.9 Å². The van der Waals surface area contributed by atoms with Crippen LogP contribution in [-0.4, -0.2) is 39.3 Å². The number of carbonyl (C=O) groups is 3. The molecule has 7 nitrogen and oxygen atoms in total. The number of esters is 1. The number of rotatable bonds is 5. The van der Waals surface area contributed by atoms with Gasteiger partial charge in [-0.3, -0.25) is 19.3 Å². The standard InChI is InChI=1S/C32H36IN3O4/c1-6-7-28(37)36(26-16-19(2)25(33)17-24(26)20-8-9-20)27-15-12-22-18-35(30(38)29(22)34-27)23-13-10-21(11-14-23)31(39)40-32(3,4)5/h12,15-17,20-21,23H,8-11,13-14,18H2,1-5H3. The molecular formula is C32H36IN3O4. The van der Waals surface area contributed by atoms with Gasteiger partial charge in [-0.1, -0.05) is 12.0 Å². The first-order valence-corrected chi connectivity index (χ1v) is 15.2. The van der Waals surface area contributed by atoms with Gasteiger partial charge in [0.2, 0.25) is 0 Å². The molecule has 2 amide bonds. The largest absolute Gasteiger partial charge is 0.460 e. The second-order valence-corrected chi connectivity index (χ2v) is 13.3. The van der Waals surface area contributed by atoms with Gasteiger partial charge in [0.25, 0.3) is 5.91 Å². The SMILES string of the molecule is CC#CC(=O)N(c1ccc2c(n1)C(=O)N(C1CCC(C(=O)OC(C)(C)C)CC1)C2)c1cc(C)c(I)cc1C1CC1. The van der Waals surface area contributed by atoms with E-state index in [1.807, 2.05) is 50.8 Å². The molecule has 210 valence electrons. The molecule has 0 radical (unpaired) electrons. The Hall–Kier alpha value is -2.93. The van der Waals surface area contributed by atoms with Gasteiger partial charge in [-0.05, 0) is 137 Å². The van der Waals surface area contributed by atoms with E-state index in [-0.39, 0.29) is 29.7 Å². The molecular weight excluding hydrogens is 617 g/mol. The normalized spacial score (nSPS) is 20.4. The van der Waals surface area contributed by atoms with Crippen LogP contribution in [0.15, 0.2) is 24.3 Å². The Morgan fingerprint density at radius 2 is 1.80 bits per heavy atom. The van der Waals surface area contributed by atoms with Gasteiger partial charge in [-0.15, -0.1) is 0 Å². The monoisotopic (exact) mass is 653 g/mol. The van der Waals surface area contributed by atoms with E-state index in [4.69, 9.17) is 9.72 Å². The van der Waals surface area contributed by atoms with E-state index in [0.29, 0.717) is 36.8 Å². The lowest BCUT2D eigenvalue weighted by molar-refractivity contribution is -0.161. The predicted molar refractivity (Wildman–Crippen MR) is 162 cm³/mol. The van der Waals surface area contributed by atoms with Crippen molar-refractivity contribution in [2.24, 2.45) is 5.92 Å². The van der Waals surface area contributed by atoms with Crippen molar-refractivity contribution in [3.63, 3.8) is 0 Å². The van der Waals surface area contributed by atoms with Crippen molar-refractivity contribution in [3.05, 3.63) is 50.2 Å². The van der Waals surface area contributed by atoms with Crippen molar-refractivity contribution in [2.45, 2.75) is 97.2 Å². The Morgan fingerprint density at radius 1 is 1.10 bits per heavy atom. The minimum Gasteiger partial charge on any atom is -0.460 e. The minimum absolute atomic E-state index is 0.0489. The van der Waals surface area contributed by atoms with E-state index >= 15 is 0 Å². The number of halogens is 1. The number of nitrogens with zero attached hydrogens (tertiary/aromatic N) is 3. The van der Waals surface area contributed by atoms with Crippen molar-refractivity contribution in [1.29, 1.82) is 0 Å². The quantitative estimate of drug-likeness (QED) is 0.212. The highest BCUT2D eigenvalue weighted by Crippen LogP contribution is 2.47. The fourth-order valence-corrected chi connectivity index (χ4v) is 6.20. The zero-order valence-electron chi connectivity index (χ0n) is 23.8. The summed E-state index contributed by atoms with van der Waals surface area (Å²) in [5, 5.41) is 0. The molecule has 5 rings (SSSR count). The Balaban J connectivity index is 1.39. The lowest BCUT2D eigenvalue weighted by Crippen LogP contribution is -2.40. The first-order chi connectivity index (χ1) is 19.0. The second-order valence-electron chi connectivity index (χ2n) is 12.1. The molecule has 2 fully saturated rings. The smallest absolute Gasteiger partial charge is 0.309 e. The third kappa shape index (κ3) is 5.90. The number of hydrogen-bond donors (Lipinski definition) is 0. The van der Waals surface area contributed by atoms with Crippen LogP contribution in [0.1, 0.15) is 99.3 Å². The van der Waals surface area contributed by atoms with Gasteiger partial charge in [-0.2, -0.15) is 0 Å². The molecule has 0 bridgehead atoms.